The van der Waals surface area contributed by atoms with E-state index >= 15 is 0 Å². The fraction of sp³-hybridized carbons (Fsp3) is 0.600. The first-order chi connectivity index (χ1) is 15.5. The highest BCUT2D eigenvalue weighted by atomic mass is 127. The highest BCUT2D eigenvalue weighted by molar-refractivity contribution is 14.1. The predicted molar refractivity (Wildman–Crippen MR) is 116 cm³/mol. The third-order valence-electron chi connectivity index (χ3n) is 4.32. The van der Waals surface area contributed by atoms with Crippen molar-refractivity contribution in [3.63, 3.8) is 0 Å². The summed E-state index contributed by atoms with van der Waals surface area (Å²) in [6, 6.07) is 0. The van der Waals surface area contributed by atoms with E-state index in [1.165, 1.54) is 13.8 Å². The number of alkyl halides is 1. The number of ether oxygens (including phenoxy) is 8. The van der Waals surface area contributed by atoms with Crippen LogP contribution in [0.25, 0.3) is 0 Å². The molecule has 13 heteroatoms. The summed E-state index contributed by atoms with van der Waals surface area (Å²) in [5.74, 6) is -1.19. The van der Waals surface area contributed by atoms with E-state index in [4.69, 9.17) is 37.9 Å². The van der Waals surface area contributed by atoms with Crippen LogP contribution < -0.4 is 0 Å². The van der Waals surface area contributed by atoms with Gasteiger partial charge in [0.15, 0.2) is 15.8 Å². The van der Waals surface area contributed by atoms with Gasteiger partial charge in [-0.15, -0.1) is 0 Å². The largest absolute Gasteiger partial charge is 0.508 e. The Morgan fingerprint density at radius 3 is 1.85 bits per heavy atom. The van der Waals surface area contributed by atoms with E-state index in [2.05, 4.69) is 13.2 Å². The Bertz CT molecular complexity index is 796. The third-order valence-corrected chi connectivity index (χ3v) is 5.94. The normalized spacial score (nSPS) is 25.4. The number of carbonyl (C=O) groups excluding carboxylic acids is 4. The maximum atomic E-state index is 11.9. The summed E-state index contributed by atoms with van der Waals surface area (Å²) in [7, 11) is 0. The van der Waals surface area contributed by atoms with Crippen LogP contribution in [0.3, 0.4) is 0 Å². The van der Waals surface area contributed by atoms with Gasteiger partial charge in [0.25, 0.3) is 0 Å². The summed E-state index contributed by atoms with van der Waals surface area (Å²) in [4.78, 5) is 46.4. The van der Waals surface area contributed by atoms with Crippen LogP contribution in [0.5, 0.6) is 0 Å². The molecule has 0 aromatic carbocycles. The zero-order valence-electron chi connectivity index (χ0n) is 18.2. The fourth-order valence-corrected chi connectivity index (χ4v) is 3.79. The van der Waals surface area contributed by atoms with Crippen molar-refractivity contribution in [1.29, 1.82) is 0 Å². The van der Waals surface area contributed by atoms with Crippen molar-refractivity contribution < 1.29 is 57.1 Å². The van der Waals surface area contributed by atoms with Crippen molar-refractivity contribution >= 4 is 46.8 Å². The molecule has 0 aliphatic carbocycles. The highest BCUT2D eigenvalue weighted by Crippen LogP contribution is 2.45. The first kappa shape index (κ1) is 26.9. The Morgan fingerprint density at radius 1 is 0.848 bits per heavy atom. The minimum absolute atomic E-state index is 0.0148. The van der Waals surface area contributed by atoms with E-state index in [0.29, 0.717) is 0 Å². The number of esters is 2. The molecule has 0 spiro atoms. The second-order valence-electron chi connectivity index (χ2n) is 7.05. The average molecular weight is 584 g/mol. The van der Waals surface area contributed by atoms with Crippen LogP contribution in [-0.2, 0) is 47.5 Å². The topological polar surface area (TPSA) is 142 Å². The Kier molecular flexibility index (Phi) is 9.91. The van der Waals surface area contributed by atoms with Crippen molar-refractivity contribution in [3.8, 4) is 0 Å². The molecule has 2 aliphatic rings. The molecule has 0 amide bonds. The second kappa shape index (κ2) is 12.2. The van der Waals surface area contributed by atoms with Gasteiger partial charge >= 0.3 is 24.2 Å². The van der Waals surface area contributed by atoms with Gasteiger partial charge in [-0.05, 0) is 36.4 Å². The van der Waals surface area contributed by atoms with Crippen molar-refractivity contribution in [2.45, 2.75) is 35.8 Å². The maximum absolute atomic E-state index is 11.9. The minimum atomic E-state index is -1.11. The first-order valence-corrected chi connectivity index (χ1v) is 10.9. The van der Waals surface area contributed by atoms with E-state index in [9.17, 15) is 19.2 Å². The van der Waals surface area contributed by atoms with E-state index < -0.39 is 46.2 Å². The summed E-state index contributed by atoms with van der Waals surface area (Å²) in [6.07, 6.45) is -4.35. The van der Waals surface area contributed by atoms with Gasteiger partial charge in [0, 0.05) is 11.1 Å². The van der Waals surface area contributed by atoms with Crippen LogP contribution in [-0.4, -0.2) is 85.8 Å². The molecule has 0 saturated carbocycles. The van der Waals surface area contributed by atoms with Gasteiger partial charge in [-0.25, -0.2) is 19.2 Å². The first-order valence-electron chi connectivity index (χ1n) is 9.81. The quantitative estimate of drug-likeness (QED) is 0.0924. The lowest BCUT2D eigenvalue weighted by Gasteiger charge is -2.25. The molecule has 2 heterocycles. The minimum Gasteiger partial charge on any atom is -0.459 e. The fourth-order valence-electron chi connectivity index (χ4n) is 2.72. The lowest BCUT2D eigenvalue weighted by Crippen LogP contribution is -2.44. The van der Waals surface area contributed by atoms with Gasteiger partial charge in [-0.2, -0.15) is 0 Å². The van der Waals surface area contributed by atoms with Gasteiger partial charge in [0.2, 0.25) is 0 Å². The molecule has 4 atom stereocenters. The van der Waals surface area contributed by atoms with Crippen molar-refractivity contribution in [2.24, 2.45) is 0 Å². The lowest BCUT2D eigenvalue weighted by molar-refractivity contribution is -0.141. The Hall–Kier alpha value is -2.39. The number of hydrogen-bond acceptors (Lipinski definition) is 12. The summed E-state index contributed by atoms with van der Waals surface area (Å²) < 4.78 is 40.0. The average Bonchev–Trinajstić information content (AvgIpc) is 3.23. The Morgan fingerprint density at radius 2 is 1.33 bits per heavy atom. The van der Waals surface area contributed by atoms with Gasteiger partial charge in [-0.1, -0.05) is 13.2 Å². The molecule has 2 saturated heterocycles. The second-order valence-corrected chi connectivity index (χ2v) is 8.74. The molecule has 2 fully saturated rings. The van der Waals surface area contributed by atoms with Crippen molar-refractivity contribution in [3.05, 3.63) is 24.3 Å². The van der Waals surface area contributed by atoms with Gasteiger partial charge in [0.1, 0.15) is 32.5 Å². The standard InChI is InChI=1S/C20H25IO12/c1-11(2)16(22)26-5-7-28-18(24)32-13-9-31-20(21)14(10-30-15(13)20)33-19(25)29-8-6-27-17(23)12(3)4/h13-15H,1,3,5-10H2,2,4H3/t13-,14+,15+,20+/m0/s1. The number of halogens is 1. The molecule has 0 bridgehead atoms. The monoisotopic (exact) mass is 584 g/mol. The highest BCUT2D eigenvalue weighted by Gasteiger charge is 2.62. The van der Waals surface area contributed by atoms with Crippen molar-refractivity contribution in [2.75, 3.05) is 39.6 Å². The van der Waals surface area contributed by atoms with E-state index in [1.54, 1.807) is 0 Å². The number of carbonyl (C=O) groups is 4. The molecule has 184 valence electrons. The molecule has 0 unspecified atom stereocenters. The smallest absolute Gasteiger partial charge is 0.459 e. The molecule has 33 heavy (non-hydrogen) atoms. The van der Waals surface area contributed by atoms with E-state index in [1.807, 2.05) is 22.6 Å². The number of fused-ring (bicyclic) bond motifs is 1. The van der Waals surface area contributed by atoms with Crippen LogP contribution in [0.1, 0.15) is 13.8 Å². The molecule has 0 N–H and O–H groups in total. The maximum Gasteiger partial charge on any atom is 0.508 e. The van der Waals surface area contributed by atoms with E-state index in [-0.39, 0.29) is 50.8 Å². The molecule has 12 nitrogen and oxygen atoms in total. The van der Waals surface area contributed by atoms with Crippen LogP contribution in [0.2, 0.25) is 0 Å². The summed E-state index contributed by atoms with van der Waals surface area (Å²) in [6.45, 7) is 9.12. The SMILES string of the molecule is C=C(C)C(=O)OCCOC(=O)O[C@H]1CO[C@@]2(I)[C@@H]1OC[C@H]2OC(=O)OCCOC(=O)C(=C)C. The zero-order valence-corrected chi connectivity index (χ0v) is 20.3. The molecule has 0 aromatic rings. The number of hydrogen-bond donors (Lipinski definition) is 0. The zero-order chi connectivity index (χ0) is 24.6. The van der Waals surface area contributed by atoms with Crippen LogP contribution in [0, 0.1) is 0 Å². The molecular formula is C20H25IO12. The van der Waals surface area contributed by atoms with Gasteiger partial charge < -0.3 is 37.9 Å². The molecule has 2 aliphatic heterocycles. The molecule has 0 aromatic heterocycles. The van der Waals surface area contributed by atoms with Crippen LogP contribution in [0.15, 0.2) is 24.3 Å². The van der Waals surface area contributed by atoms with Crippen LogP contribution >= 0.6 is 22.6 Å². The van der Waals surface area contributed by atoms with E-state index in [0.717, 1.165) is 0 Å². The third kappa shape index (κ3) is 7.57. The summed E-state index contributed by atoms with van der Waals surface area (Å²) in [5, 5.41) is 0. The van der Waals surface area contributed by atoms with Crippen molar-refractivity contribution in [1.82, 2.24) is 0 Å². The molecule has 0 radical (unpaired) electrons. The molecular weight excluding hydrogens is 559 g/mol. The molecule has 2 rings (SSSR count). The predicted octanol–water partition coefficient (Wildman–Crippen LogP) is 1.83. The van der Waals surface area contributed by atoms with Gasteiger partial charge in [0.05, 0.1) is 13.2 Å². The Labute approximate surface area is 203 Å². The number of rotatable bonds is 10. The van der Waals surface area contributed by atoms with Crippen LogP contribution in [0.4, 0.5) is 9.59 Å². The summed E-state index contributed by atoms with van der Waals surface area (Å²) in [5.41, 5.74) is 0.452. The Balaban J connectivity index is 1.72. The lowest BCUT2D eigenvalue weighted by atomic mass is 10.1. The van der Waals surface area contributed by atoms with Gasteiger partial charge in [-0.3, -0.25) is 0 Å². The summed E-state index contributed by atoms with van der Waals surface area (Å²) >= 11 is 1.93.